The molecule has 20 heavy (non-hydrogen) atoms. The highest BCUT2D eigenvalue weighted by atomic mass is 16.5. The summed E-state index contributed by atoms with van der Waals surface area (Å²) in [6.45, 7) is 3.18. The molecule has 2 N–H and O–H groups in total. The smallest absolute Gasteiger partial charge is 0.162 e. The normalized spacial score (nSPS) is 11.9. The van der Waals surface area contributed by atoms with Crippen molar-refractivity contribution < 1.29 is 9.47 Å². The third-order valence-electron chi connectivity index (χ3n) is 2.97. The second-order valence-corrected chi connectivity index (χ2v) is 4.55. The van der Waals surface area contributed by atoms with Gasteiger partial charge >= 0.3 is 0 Å². The van der Waals surface area contributed by atoms with Crippen molar-refractivity contribution >= 4 is 0 Å². The fourth-order valence-electron chi connectivity index (χ4n) is 1.95. The summed E-state index contributed by atoms with van der Waals surface area (Å²) in [5.74, 6) is 1.50. The van der Waals surface area contributed by atoms with Gasteiger partial charge in [0.2, 0.25) is 0 Å². The summed E-state index contributed by atoms with van der Waals surface area (Å²) in [6, 6.07) is 17.7. The molecular formula is C17H21NO2. The van der Waals surface area contributed by atoms with Gasteiger partial charge in [-0.2, -0.15) is 0 Å². The van der Waals surface area contributed by atoms with E-state index in [1.54, 1.807) is 0 Å². The van der Waals surface area contributed by atoms with Gasteiger partial charge in [0.1, 0.15) is 6.10 Å². The molecule has 0 bridgehead atoms. The third-order valence-corrected chi connectivity index (χ3v) is 2.97. The molecule has 0 saturated heterocycles. The Hall–Kier alpha value is -2.00. The Balaban J connectivity index is 2.15. The molecule has 0 saturated carbocycles. The number of para-hydroxylation sites is 2. The summed E-state index contributed by atoms with van der Waals surface area (Å²) in [7, 11) is 0. The molecular weight excluding hydrogens is 250 g/mol. The second kappa shape index (κ2) is 7.56. The predicted molar refractivity (Wildman–Crippen MR) is 81.1 cm³/mol. The zero-order chi connectivity index (χ0) is 14.2. The zero-order valence-corrected chi connectivity index (χ0v) is 11.8. The largest absolute Gasteiger partial charge is 0.490 e. The van der Waals surface area contributed by atoms with Gasteiger partial charge in [0.15, 0.2) is 11.5 Å². The van der Waals surface area contributed by atoms with Crippen LogP contribution in [0, 0.1) is 0 Å². The van der Waals surface area contributed by atoms with E-state index in [1.165, 1.54) is 0 Å². The van der Waals surface area contributed by atoms with Crippen LogP contribution >= 0.6 is 0 Å². The summed E-state index contributed by atoms with van der Waals surface area (Å²) in [5.41, 5.74) is 6.91. The maximum Gasteiger partial charge on any atom is 0.162 e. The van der Waals surface area contributed by atoms with Crippen molar-refractivity contribution in [3.05, 3.63) is 60.2 Å². The van der Waals surface area contributed by atoms with Gasteiger partial charge in [-0.15, -0.1) is 0 Å². The summed E-state index contributed by atoms with van der Waals surface area (Å²) >= 11 is 0. The molecule has 3 heteroatoms. The average Bonchev–Trinajstić information content (AvgIpc) is 2.52. The highest BCUT2D eigenvalue weighted by Gasteiger charge is 2.13. The number of ether oxygens (including phenoxy) is 2. The highest BCUT2D eigenvalue weighted by Crippen LogP contribution is 2.30. The van der Waals surface area contributed by atoms with Crippen LogP contribution in [0.3, 0.4) is 0 Å². The average molecular weight is 271 g/mol. The minimum absolute atomic E-state index is 0.164. The molecule has 2 rings (SSSR count). The van der Waals surface area contributed by atoms with E-state index in [0.29, 0.717) is 13.2 Å². The molecule has 3 nitrogen and oxygen atoms in total. The van der Waals surface area contributed by atoms with Crippen molar-refractivity contribution in [1.82, 2.24) is 0 Å². The van der Waals surface area contributed by atoms with Crippen molar-refractivity contribution in [3.63, 3.8) is 0 Å². The molecule has 0 aliphatic carbocycles. The first-order valence-corrected chi connectivity index (χ1v) is 6.98. The van der Waals surface area contributed by atoms with Gasteiger partial charge in [-0.25, -0.2) is 0 Å². The molecule has 1 unspecified atom stereocenters. The lowest BCUT2D eigenvalue weighted by Crippen LogP contribution is -2.18. The molecule has 0 aliphatic rings. The molecule has 0 aliphatic heterocycles. The van der Waals surface area contributed by atoms with E-state index < -0.39 is 0 Å². The van der Waals surface area contributed by atoms with Crippen molar-refractivity contribution in [1.29, 1.82) is 0 Å². The first-order valence-electron chi connectivity index (χ1n) is 6.98. The fraction of sp³-hybridized carbons (Fsp3) is 0.294. The molecule has 0 aromatic heterocycles. The van der Waals surface area contributed by atoms with Gasteiger partial charge in [0.25, 0.3) is 0 Å². The van der Waals surface area contributed by atoms with E-state index in [1.807, 2.05) is 54.6 Å². The van der Waals surface area contributed by atoms with Crippen molar-refractivity contribution in [2.75, 3.05) is 13.2 Å². The molecule has 0 fully saturated rings. The van der Waals surface area contributed by atoms with Crippen LogP contribution < -0.4 is 15.2 Å². The number of benzene rings is 2. The number of hydrogen-bond acceptors (Lipinski definition) is 3. The Morgan fingerprint density at radius 2 is 1.60 bits per heavy atom. The Bertz CT molecular complexity index is 513. The van der Waals surface area contributed by atoms with Gasteiger partial charge in [0, 0.05) is 6.54 Å². The SMILES string of the molecule is CCCOc1ccccc1OC(CN)c1ccccc1. The Kier molecular flexibility index (Phi) is 5.44. The van der Waals surface area contributed by atoms with E-state index >= 15 is 0 Å². The van der Waals surface area contributed by atoms with Crippen LogP contribution in [-0.2, 0) is 0 Å². The number of nitrogens with two attached hydrogens (primary N) is 1. The van der Waals surface area contributed by atoms with E-state index in [-0.39, 0.29) is 6.10 Å². The van der Waals surface area contributed by atoms with Crippen LogP contribution in [-0.4, -0.2) is 13.2 Å². The highest BCUT2D eigenvalue weighted by molar-refractivity contribution is 5.40. The van der Waals surface area contributed by atoms with Crippen LogP contribution in [0.25, 0.3) is 0 Å². The molecule has 106 valence electrons. The lowest BCUT2D eigenvalue weighted by Gasteiger charge is -2.20. The standard InChI is InChI=1S/C17H21NO2/c1-2-12-19-15-10-6-7-11-16(15)20-17(13-18)14-8-4-3-5-9-14/h3-11,17H,2,12-13,18H2,1H3. The lowest BCUT2D eigenvalue weighted by atomic mass is 10.1. The van der Waals surface area contributed by atoms with Gasteiger partial charge in [-0.1, -0.05) is 49.4 Å². The molecule has 0 radical (unpaired) electrons. The summed E-state index contributed by atoms with van der Waals surface area (Å²) in [6.07, 6.45) is 0.801. The van der Waals surface area contributed by atoms with Crippen molar-refractivity contribution in [3.8, 4) is 11.5 Å². The van der Waals surface area contributed by atoms with E-state index in [4.69, 9.17) is 15.2 Å². The minimum atomic E-state index is -0.164. The molecule has 1 atom stereocenters. The topological polar surface area (TPSA) is 44.5 Å². The Morgan fingerprint density at radius 1 is 0.950 bits per heavy atom. The monoisotopic (exact) mass is 271 g/mol. The van der Waals surface area contributed by atoms with E-state index in [2.05, 4.69) is 6.92 Å². The first kappa shape index (κ1) is 14.4. The summed E-state index contributed by atoms with van der Waals surface area (Å²) in [4.78, 5) is 0. The van der Waals surface area contributed by atoms with Crippen LogP contribution in [0.4, 0.5) is 0 Å². The van der Waals surface area contributed by atoms with Gasteiger partial charge in [-0.05, 0) is 24.1 Å². The molecule has 0 spiro atoms. The first-order chi connectivity index (χ1) is 9.85. The van der Waals surface area contributed by atoms with Crippen molar-refractivity contribution in [2.45, 2.75) is 19.4 Å². The summed E-state index contributed by atoms with van der Waals surface area (Å²) in [5, 5.41) is 0. The van der Waals surface area contributed by atoms with E-state index in [0.717, 1.165) is 23.5 Å². The van der Waals surface area contributed by atoms with E-state index in [9.17, 15) is 0 Å². The minimum Gasteiger partial charge on any atom is -0.490 e. The Morgan fingerprint density at radius 3 is 2.25 bits per heavy atom. The van der Waals surface area contributed by atoms with Crippen molar-refractivity contribution in [2.24, 2.45) is 5.73 Å². The van der Waals surface area contributed by atoms with Crippen LogP contribution in [0.5, 0.6) is 11.5 Å². The third kappa shape index (κ3) is 3.75. The van der Waals surface area contributed by atoms with Gasteiger partial charge in [-0.3, -0.25) is 0 Å². The maximum absolute atomic E-state index is 6.03. The second-order valence-electron chi connectivity index (χ2n) is 4.55. The molecule has 2 aromatic rings. The van der Waals surface area contributed by atoms with Crippen LogP contribution in [0.15, 0.2) is 54.6 Å². The quantitative estimate of drug-likeness (QED) is 0.837. The van der Waals surface area contributed by atoms with Gasteiger partial charge < -0.3 is 15.2 Å². The number of rotatable bonds is 7. The van der Waals surface area contributed by atoms with Crippen LogP contribution in [0.1, 0.15) is 25.0 Å². The lowest BCUT2D eigenvalue weighted by molar-refractivity contribution is 0.198. The Labute approximate surface area is 120 Å². The van der Waals surface area contributed by atoms with Gasteiger partial charge in [0.05, 0.1) is 6.61 Å². The van der Waals surface area contributed by atoms with Crippen LogP contribution in [0.2, 0.25) is 0 Å². The molecule has 0 heterocycles. The molecule has 2 aromatic carbocycles. The zero-order valence-electron chi connectivity index (χ0n) is 11.8. The maximum atomic E-state index is 6.03. The summed E-state index contributed by atoms with van der Waals surface area (Å²) < 4.78 is 11.7. The predicted octanol–water partition coefficient (Wildman–Crippen LogP) is 3.55. The fourth-order valence-corrected chi connectivity index (χ4v) is 1.95. The number of hydrogen-bond donors (Lipinski definition) is 1. The molecule has 0 amide bonds.